The molecule has 0 radical (unpaired) electrons. The second-order valence-corrected chi connectivity index (χ2v) is 5.64. The predicted molar refractivity (Wildman–Crippen MR) is 93.0 cm³/mol. The Kier molecular flexibility index (Phi) is 5.13. The summed E-state index contributed by atoms with van der Waals surface area (Å²) in [6, 6.07) is 18.4. The lowest BCUT2D eigenvalue weighted by Crippen LogP contribution is -2.26. The lowest BCUT2D eigenvalue weighted by atomic mass is 10.1. The number of hydrogen-bond acceptors (Lipinski definition) is 2. The van der Waals surface area contributed by atoms with Crippen molar-refractivity contribution in [2.24, 2.45) is 0 Å². The summed E-state index contributed by atoms with van der Waals surface area (Å²) in [5.74, 6) is 6.51. The third kappa shape index (κ3) is 4.13. The van der Waals surface area contributed by atoms with Crippen molar-refractivity contribution in [1.29, 1.82) is 0 Å². The van der Waals surface area contributed by atoms with Crippen LogP contribution in [0.3, 0.4) is 0 Å². The summed E-state index contributed by atoms with van der Waals surface area (Å²) in [5.41, 5.74) is 3.24. The molecule has 1 saturated heterocycles. The van der Waals surface area contributed by atoms with Crippen LogP contribution in [0.2, 0.25) is 0 Å². The fraction of sp³-hybridized carbons (Fsp3) is 0.300. The molecule has 1 heterocycles. The van der Waals surface area contributed by atoms with Gasteiger partial charge in [0.2, 0.25) is 0 Å². The summed E-state index contributed by atoms with van der Waals surface area (Å²) >= 11 is 0. The minimum Gasteiger partial charge on any atom is -0.383 e. The fourth-order valence-corrected chi connectivity index (χ4v) is 2.76. The van der Waals surface area contributed by atoms with Crippen molar-refractivity contribution in [1.82, 2.24) is 4.90 Å². The van der Waals surface area contributed by atoms with Crippen LogP contribution in [0.4, 0.5) is 5.69 Å². The van der Waals surface area contributed by atoms with Gasteiger partial charge in [-0.1, -0.05) is 42.2 Å². The van der Waals surface area contributed by atoms with Gasteiger partial charge in [-0.25, -0.2) is 0 Å². The highest BCUT2D eigenvalue weighted by Gasteiger charge is 2.10. The summed E-state index contributed by atoms with van der Waals surface area (Å²) in [6.45, 7) is 4.58. The Hall–Kier alpha value is -2.24. The molecule has 2 heteroatoms. The van der Waals surface area contributed by atoms with Crippen molar-refractivity contribution in [2.45, 2.75) is 12.8 Å². The number of para-hydroxylation sites is 1. The van der Waals surface area contributed by atoms with Crippen molar-refractivity contribution in [3.05, 3.63) is 65.7 Å². The zero-order chi connectivity index (χ0) is 15.0. The Bertz CT molecular complexity index is 646. The fourth-order valence-electron chi connectivity index (χ4n) is 2.76. The molecule has 0 unspecified atom stereocenters. The van der Waals surface area contributed by atoms with Gasteiger partial charge in [0.25, 0.3) is 0 Å². The van der Waals surface area contributed by atoms with E-state index in [0.29, 0.717) is 0 Å². The lowest BCUT2D eigenvalue weighted by molar-refractivity contribution is 0.352. The molecule has 112 valence electrons. The van der Waals surface area contributed by atoms with Crippen molar-refractivity contribution < 1.29 is 0 Å². The van der Waals surface area contributed by atoms with E-state index in [2.05, 4.69) is 40.3 Å². The Morgan fingerprint density at radius 1 is 0.864 bits per heavy atom. The molecule has 0 amide bonds. The maximum Gasteiger partial charge on any atom is 0.0499 e. The molecule has 2 aromatic carbocycles. The van der Waals surface area contributed by atoms with E-state index >= 15 is 0 Å². The van der Waals surface area contributed by atoms with Gasteiger partial charge in [0, 0.05) is 29.9 Å². The molecule has 0 spiro atoms. The average Bonchev–Trinajstić information content (AvgIpc) is 3.08. The SMILES string of the molecule is C(#Cc1ccccc1NCCN1CCCC1)c1ccccc1. The number of benzene rings is 2. The molecule has 0 bridgehead atoms. The van der Waals surface area contributed by atoms with Crippen molar-refractivity contribution in [2.75, 3.05) is 31.5 Å². The summed E-state index contributed by atoms with van der Waals surface area (Å²) in [5, 5.41) is 3.53. The maximum absolute atomic E-state index is 3.53. The molecular formula is C20H22N2. The Morgan fingerprint density at radius 3 is 2.41 bits per heavy atom. The number of rotatable bonds is 4. The third-order valence-electron chi connectivity index (χ3n) is 3.98. The second kappa shape index (κ2) is 7.68. The average molecular weight is 290 g/mol. The maximum atomic E-state index is 3.53. The van der Waals surface area contributed by atoms with E-state index in [9.17, 15) is 0 Å². The highest BCUT2D eigenvalue weighted by Crippen LogP contribution is 2.14. The molecule has 2 aromatic rings. The molecule has 2 nitrogen and oxygen atoms in total. The molecule has 22 heavy (non-hydrogen) atoms. The number of hydrogen-bond donors (Lipinski definition) is 1. The van der Waals surface area contributed by atoms with Crippen LogP contribution in [0.5, 0.6) is 0 Å². The summed E-state index contributed by atoms with van der Waals surface area (Å²) in [7, 11) is 0. The van der Waals surface area contributed by atoms with E-state index in [1.807, 2.05) is 36.4 Å². The molecule has 1 fully saturated rings. The highest BCUT2D eigenvalue weighted by molar-refractivity contribution is 5.60. The topological polar surface area (TPSA) is 15.3 Å². The molecule has 1 aliphatic heterocycles. The summed E-state index contributed by atoms with van der Waals surface area (Å²) in [6.07, 6.45) is 2.69. The zero-order valence-corrected chi connectivity index (χ0v) is 12.9. The van der Waals surface area contributed by atoms with Crippen molar-refractivity contribution in [3.63, 3.8) is 0 Å². The van der Waals surface area contributed by atoms with Crippen LogP contribution >= 0.6 is 0 Å². The van der Waals surface area contributed by atoms with E-state index in [1.165, 1.54) is 25.9 Å². The van der Waals surface area contributed by atoms with E-state index < -0.39 is 0 Å². The Labute approximate surface area is 133 Å². The van der Waals surface area contributed by atoms with E-state index in [1.54, 1.807) is 0 Å². The second-order valence-electron chi connectivity index (χ2n) is 5.64. The van der Waals surface area contributed by atoms with Gasteiger partial charge < -0.3 is 10.2 Å². The predicted octanol–water partition coefficient (Wildman–Crippen LogP) is 3.59. The molecule has 0 atom stereocenters. The van der Waals surface area contributed by atoms with E-state index in [4.69, 9.17) is 0 Å². The number of anilines is 1. The van der Waals surface area contributed by atoms with Crippen LogP contribution in [0, 0.1) is 11.8 Å². The van der Waals surface area contributed by atoms with Gasteiger partial charge in [-0.05, 0) is 50.2 Å². The first kappa shape index (κ1) is 14.7. The summed E-state index contributed by atoms with van der Waals surface area (Å²) < 4.78 is 0. The molecule has 0 aromatic heterocycles. The minimum absolute atomic E-state index is 0.976. The van der Waals surface area contributed by atoms with Crippen LogP contribution < -0.4 is 5.32 Å². The monoisotopic (exact) mass is 290 g/mol. The van der Waals surface area contributed by atoms with Gasteiger partial charge in [-0.2, -0.15) is 0 Å². The first-order valence-electron chi connectivity index (χ1n) is 8.04. The third-order valence-corrected chi connectivity index (χ3v) is 3.98. The van der Waals surface area contributed by atoms with Crippen LogP contribution in [0.1, 0.15) is 24.0 Å². The van der Waals surface area contributed by atoms with Gasteiger partial charge in [-0.3, -0.25) is 0 Å². The molecule has 0 aliphatic carbocycles. The molecule has 1 N–H and O–H groups in total. The zero-order valence-electron chi connectivity index (χ0n) is 12.9. The first-order chi connectivity index (χ1) is 10.9. The van der Waals surface area contributed by atoms with Crippen LogP contribution in [-0.2, 0) is 0 Å². The lowest BCUT2D eigenvalue weighted by Gasteiger charge is -2.15. The molecule has 3 rings (SSSR count). The normalized spacial score (nSPS) is 14.4. The quantitative estimate of drug-likeness (QED) is 0.866. The highest BCUT2D eigenvalue weighted by atomic mass is 15.1. The van der Waals surface area contributed by atoms with Gasteiger partial charge in [0.05, 0.1) is 0 Å². The Morgan fingerprint density at radius 2 is 1.59 bits per heavy atom. The Balaban J connectivity index is 1.63. The largest absolute Gasteiger partial charge is 0.383 e. The number of nitrogens with zero attached hydrogens (tertiary/aromatic N) is 1. The number of likely N-dealkylation sites (tertiary alicyclic amines) is 1. The van der Waals surface area contributed by atoms with E-state index in [-0.39, 0.29) is 0 Å². The van der Waals surface area contributed by atoms with Crippen LogP contribution in [0.25, 0.3) is 0 Å². The van der Waals surface area contributed by atoms with E-state index in [0.717, 1.165) is 29.9 Å². The van der Waals surface area contributed by atoms with Gasteiger partial charge in [0.1, 0.15) is 0 Å². The molecular weight excluding hydrogens is 268 g/mol. The van der Waals surface area contributed by atoms with Crippen molar-refractivity contribution in [3.8, 4) is 11.8 Å². The van der Waals surface area contributed by atoms with Crippen LogP contribution in [0.15, 0.2) is 54.6 Å². The minimum atomic E-state index is 0.976. The number of nitrogens with one attached hydrogen (secondary N) is 1. The smallest absolute Gasteiger partial charge is 0.0499 e. The molecule has 0 saturated carbocycles. The first-order valence-corrected chi connectivity index (χ1v) is 8.04. The standard InChI is InChI=1S/C20H22N2/c1-2-8-18(9-3-1)12-13-19-10-4-5-11-20(19)21-14-17-22-15-6-7-16-22/h1-5,8-11,21H,6-7,14-17H2. The van der Waals surface area contributed by atoms with Gasteiger partial charge in [-0.15, -0.1) is 0 Å². The van der Waals surface area contributed by atoms with Crippen LogP contribution in [-0.4, -0.2) is 31.1 Å². The summed E-state index contributed by atoms with van der Waals surface area (Å²) in [4.78, 5) is 2.52. The van der Waals surface area contributed by atoms with Crippen molar-refractivity contribution >= 4 is 5.69 Å². The van der Waals surface area contributed by atoms with Gasteiger partial charge >= 0.3 is 0 Å². The van der Waals surface area contributed by atoms with Gasteiger partial charge in [0.15, 0.2) is 0 Å². The molecule has 1 aliphatic rings.